The lowest BCUT2D eigenvalue weighted by molar-refractivity contribution is -0.144. The van der Waals surface area contributed by atoms with E-state index in [2.05, 4.69) is 12.2 Å². The van der Waals surface area contributed by atoms with Crippen LogP contribution in [0.1, 0.15) is 67.8 Å². The highest BCUT2D eigenvalue weighted by Crippen LogP contribution is 2.38. The minimum absolute atomic E-state index is 0.00572. The summed E-state index contributed by atoms with van der Waals surface area (Å²) in [6.07, 6.45) is 6.98. The number of carbonyl (C=O) groups is 6. The first-order valence-electron chi connectivity index (χ1n) is 18.9. The summed E-state index contributed by atoms with van der Waals surface area (Å²) in [7, 11) is 0. The predicted molar refractivity (Wildman–Crippen MR) is 209 cm³/mol. The van der Waals surface area contributed by atoms with Crippen molar-refractivity contribution in [3.8, 4) is 40.1 Å². The molecule has 0 aliphatic carbocycles. The van der Waals surface area contributed by atoms with Crippen LogP contribution in [0.25, 0.3) is 22.3 Å². The third-order valence-corrected chi connectivity index (χ3v) is 9.26. The lowest BCUT2D eigenvalue weighted by Gasteiger charge is -2.22. The molecule has 17 heteroatoms. The molecule has 0 radical (unpaired) electrons. The molecule has 5 rings (SSSR count). The number of esters is 2. The summed E-state index contributed by atoms with van der Waals surface area (Å²) in [5.41, 5.74) is -0.573. The highest BCUT2D eigenvalue weighted by atomic mass is 16.5. The quantitative estimate of drug-likeness (QED) is 0.0293. The Kier molecular flexibility index (Phi) is 14.4. The zero-order valence-electron chi connectivity index (χ0n) is 32.1. The van der Waals surface area contributed by atoms with Gasteiger partial charge in [0.2, 0.25) is 17.1 Å². The largest absolute Gasteiger partial charge is 0.507 e. The summed E-state index contributed by atoms with van der Waals surface area (Å²) in [6.45, 7) is 0.994. The van der Waals surface area contributed by atoms with Crippen molar-refractivity contribution in [3.05, 3.63) is 88.1 Å². The second-order valence-corrected chi connectivity index (χ2v) is 13.6. The number of nitrogens with zero attached hydrogens (tertiary/aromatic N) is 2. The summed E-state index contributed by atoms with van der Waals surface area (Å²) >= 11 is 0. The maximum Gasteiger partial charge on any atom is 0.331 e. The van der Waals surface area contributed by atoms with Crippen molar-refractivity contribution in [2.45, 2.75) is 58.4 Å². The van der Waals surface area contributed by atoms with E-state index >= 15 is 0 Å². The number of carbonyl (C=O) groups excluding carboxylic acids is 6. The Labute approximate surface area is 337 Å². The molecule has 5 N–H and O–H groups in total. The summed E-state index contributed by atoms with van der Waals surface area (Å²) in [4.78, 5) is 90.3. The minimum atomic E-state index is -1.03. The van der Waals surface area contributed by atoms with E-state index in [9.17, 15) is 54.0 Å². The van der Waals surface area contributed by atoms with E-state index in [1.54, 1.807) is 12.1 Å². The SMILES string of the molecule is CCCCCCCC(=O)OCCN(CC(=O)Oc1cc(O)c2c(=O)c(O)c(-c3ccc(O)c(O)c3)oc2c1)C(=O)c1ccc(CNC(=O)CCN2C(=O)C=CC2=O)cc1. The van der Waals surface area contributed by atoms with Gasteiger partial charge in [-0.05, 0) is 42.3 Å². The molecule has 0 fully saturated rings. The third-order valence-electron chi connectivity index (χ3n) is 9.26. The monoisotopic (exact) mass is 813 g/mol. The Hall–Kier alpha value is -7.17. The van der Waals surface area contributed by atoms with Gasteiger partial charge >= 0.3 is 11.9 Å². The van der Waals surface area contributed by atoms with Crippen molar-refractivity contribution < 1.29 is 63.1 Å². The Bertz CT molecular complexity index is 2320. The number of benzene rings is 3. The summed E-state index contributed by atoms with van der Waals surface area (Å²) in [6, 6.07) is 11.6. The first-order valence-corrected chi connectivity index (χ1v) is 18.9. The molecule has 3 aromatic carbocycles. The van der Waals surface area contributed by atoms with Crippen molar-refractivity contribution in [1.82, 2.24) is 15.1 Å². The highest BCUT2D eigenvalue weighted by molar-refractivity contribution is 6.13. The van der Waals surface area contributed by atoms with Gasteiger partial charge in [0.05, 0.1) is 6.54 Å². The second-order valence-electron chi connectivity index (χ2n) is 13.6. The number of aromatic hydroxyl groups is 4. The molecular weight excluding hydrogens is 770 g/mol. The molecule has 0 saturated carbocycles. The maximum atomic E-state index is 13.7. The Morgan fingerprint density at radius 3 is 2.20 bits per heavy atom. The van der Waals surface area contributed by atoms with Gasteiger partial charge in [0, 0.05) is 61.3 Å². The number of amides is 4. The zero-order valence-corrected chi connectivity index (χ0v) is 32.1. The summed E-state index contributed by atoms with van der Waals surface area (Å²) in [5, 5.41) is 43.1. The number of unbranched alkanes of at least 4 members (excludes halogenated alkanes) is 4. The fourth-order valence-electron chi connectivity index (χ4n) is 6.07. The van der Waals surface area contributed by atoms with Crippen LogP contribution in [0.3, 0.4) is 0 Å². The van der Waals surface area contributed by atoms with Crippen LogP contribution in [0.4, 0.5) is 0 Å². The van der Waals surface area contributed by atoms with Crippen LogP contribution in [0.5, 0.6) is 28.7 Å². The smallest absolute Gasteiger partial charge is 0.331 e. The minimum Gasteiger partial charge on any atom is -0.507 e. The number of phenolic OH excluding ortho intramolecular Hbond substituents is 3. The number of fused-ring (bicyclic) bond motifs is 1. The molecule has 0 unspecified atom stereocenters. The van der Waals surface area contributed by atoms with Crippen LogP contribution in [0.2, 0.25) is 0 Å². The van der Waals surface area contributed by atoms with Gasteiger partial charge in [0.1, 0.15) is 35.6 Å². The summed E-state index contributed by atoms with van der Waals surface area (Å²) in [5.74, 6) is -6.79. The zero-order chi connectivity index (χ0) is 42.6. The standard InChI is InChI=1S/C42H43N3O14/c1-2-3-4-5-6-7-36(52)57-19-18-44(42(56)26-10-8-25(9-11-26)23-43-33(49)16-17-45-34(50)14-15-35(45)51)24-37(53)58-28-21-31(48)38-32(22-28)59-41(40(55)39(38)54)27-12-13-29(46)30(47)20-27/h8-15,20-22,46-48,55H,2-7,16-19,23-24H2,1H3,(H,43,49). The van der Waals surface area contributed by atoms with Crippen molar-refractivity contribution in [2.75, 3.05) is 26.2 Å². The van der Waals surface area contributed by atoms with Crippen LogP contribution in [-0.4, -0.2) is 92.0 Å². The Morgan fingerprint density at radius 2 is 1.51 bits per heavy atom. The maximum absolute atomic E-state index is 13.7. The van der Waals surface area contributed by atoms with E-state index in [4.69, 9.17) is 13.9 Å². The lowest BCUT2D eigenvalue weighted by atomic mass is 10.1. The average Bonchev–Trinajstić information content (AvgIpc) is 3.53. The molecule has 1 aliphatic rings. The first-order chi connectivity index (χ1) is 28.2. The molecule has 4 amide bonds. The molecule has 1 aliphatic heterocycles. The van der Waals surface area contributed by atoms with Crippen LogP contribution in [0.15, 0.2) is 76.0 Å². The van der Waals surface area contributed by atoms with Gasteiger partial charge in [-0.25, -0.2) is 4.79 Å². The molecule has 17 nitrogen and oxygen atoms in total. The lowest BCUT2D eigenvalue weighted by Crippen LogP contribution is -2.39. The number of nitrogens with one attached hydrogen (secondary N) is 1. The molecule has 4 aromatic rings. The number of hydrogen-bond donors (Lipinski definition) is 5. The van der Waals surface area contributed by atoms with Crippen molar-refractivity contribution in [1.29, 1.82) is 0 Å². The molecule has 0 atom stereocenters. The van der Waals surface area contributed by atoms with Gasteiger partial charge in [0.25, 0.3) is 17.7 Å². The number of rotatable bonds is 19. The van der Waals surface area contributed by atoms with Gasteiger partial charge in [-0.15, -0.1) is 0 Å². The van der Waals surface area contributed by atoms with E-state index in [1.807, 2.05) is 0 Å². The number of phenols is 3. The average molecular weight is 814 g/mol. The van der Waals surface area contributed by atoms with E-state index < -0.39 is 81.7 Å². The molecule has 310 valence electrons. The van der Waals surface area contributed by atoms with Crippen molar-refractivity contribution in [2.24, 2.45) is 0 Å². The van der Waals surface area contributed by atoms with Gasteiger partial charge in [-0.2, -0.15) is 0 Å². The molecule has 0 spiro atoms. The third kappa shape index (κ3) is 11.2. The fraction of sp³-hybridized carbons (Fsp3) is 0.310. The Morgan fingerprint density at radius 1 is 0.797 bits per heavy atom. The fourth-order valence-corrected chi connectivity index (χ4v) is 6.07. The number of ether oxygens (including phenoxy) is 2. The normalized spacial score (nSPS) is 12.2. The van der Waals surface area contributed by atoms with E-state index in [1.165, 1.54) is 18.2 Å². The molecule has 1 aromatic heterocycles. The van der Waals surface area contributed by atoms with Gasteiger partial charge in [-0.1, -0.05) is 44.7 Å². The van der Waals surface area contributed by atoms with E-state index in [-0.39, 0.29) is 61.5 Å². The van der Waals surface area contributed by atoms with Gasteiger partial charge in [0.15, 0.2) is 17.3 Å². The van der Waals surface area contributed by atoms with E-state index in [0.29, 0.717) is 12.0 Å². The second kappa shape index (κ2) is 19.8. The summed E-state index contributed by atoms with van der Waals surface area (Å²) < 4.78 is 16.5. The van der Waals surface area contributed by atoms with Gasteiger partial charge in [-0.3, -0.25) is 33.7 Å². The van der Waals surface area contributed by atoms with Crippen molar-refractivity contribution >= 4 is 46.5 Å². The number of imide groups is 1. The van der Waals surface area contributed by atoms with Crippen LogP contribution in [0, 0.1) is 0 Å². The highest BCUT2D eigenvalue weighted by Gasteiger charge is 2.25. The Balaban J connectivity index is 1.27. The van der Waals surface area contributed by atoms with E-state index in [0.717, 1.165) is 71.9 Å². The number of hydrogen-bond acceptors (Lipinski definition) is 14. The van der Waals surface area contributed by atoms with Crippen LogP contribution in [-0.2, 0) is 35.3 Å². The predicted octanol–water partition coefficient (Wildman–Crippen LogP) is 4.17. The molecular formula is C42H43N3O14. The van der Waals surface area contributed by atoms with Crippen molar-refractivity contribution in [3.63, 3.8) is 0 Å². The van der Waals surface area contributed by atoms with Crippen LogP contribution < -0.4 is 15.5 Å². The molecule has 0 bridgehead atoms. The molecule has 59 heavy (non-hydrogen) atoms. The molecule has 0 saturated heterocycles. The van der Waals surface area contributed by atoms with Crippen LogP contribution >= 0.6 is 0 Å². The molecule has 2 heterocycles. The van der Waals surface area contributed by atoms with Gasteiger partial charge < -0.3 is 44.5 Å². The first kappa shape index (κ1) is 43.0. The topological polar surface area (TPSA) is 251 Å².